The Morgan fingerprint density at radius 1 is 1.32 bits per heavy atom. The van der Waals surface area contributed by atoms with Crippen molar-refractivity contribution in [3.05, 3.63) is 35.4 Å². The molecule has 1 aliphatic rings. The number of aliphatic hydroxyl groups excluding tert-OH is 1. The highest BCUT2D eigenvalue weighted by Gasteiger charge is 2.36. The summed E-state index contributed by atoms with van der Waals surface area (Å²) in [5, 5.41) is 18.4. The molecule has 1 aromatic rings. The van der Waals surface area contributed by atoms with Crippen LogP contribution in [0.4, 0.5) is 0 Å². The summed E-state index contributed by atoms with van der Waals surface area (Å²) in [4.78, 5) is 10.8. The van der Waals surface area contributed by atoms with Crippen molar-refractivity contribution in [2.24, 2.45) is 5.92 Å². The fourth-order valence-corrected chi connectivity index (χ4v) is 2.81. The molecule has 122 valence electrons. The molecule has 2 atom stereocenters. The number of ether oxygens (including phenoxy) is 2. The van der Waals surface area contributed by atoms with E-state index in [4.69, 9.17) is 14.6 Å². The molecule has 1 aromatic carbocycles. The van der Waals surface area contributed by atoms with Gasteiger partial charge in [0.25, 0.3) is 0 Å². The van der Waals surface area contributed by atoms with E-state index in [1.165, 1.54) is 0 Å². The Bertz CT molecular complexity index is 512. The van der Waals surface area contributed by atoms with Gasteiger partial charge in [0.2, 0.25) is 0 Å². The molecule has 5 nitrogen and oxygen atoms in total. The summed E-state index contributed by atoms with van der Waals surface area (Å²) < 4.78 is 11.5. The van der Waals surface area contributed by atoms with Crippen LogP contribution in [0.3, 0.4) is 0 Å². The van der Waals surface area contributed by atoms with Crippen molar-refractivity contribution in [3.63, 3.8) is 0 Å². The van der Waals surface area contributed by atoms with Gasteiger partial charge >= 0.3 is 5.97 Å². The van der Waals surface area contributed by atoms with E-state index >= 15 is 0 Å². The first kappa shape index (κ1) is 16.9. The second-order valence-electron chi connectivity index (χ2n) is 6.18. The topological polar surface area (TPSA) is 76.0 Å². The predicted octanol–water partition coefficient (Wildman–Crippen LogP) is 2.01. The smallest absolute Gasteiger partial charge is 0.303 e. The van der Waals surface area contributed by atoms with Crippen molar-refractivity contribution >= 4 is 5.97 Å². The Balaban J connectivity index is 2.08. The average Bonchev–Trinajstić information content (AvgIpc) is 2.47. The van der Waals surface area contributed by atoms with E-state index in [0.717, 1.165) is 11.1 Å². The molecule has 0 bridgehead atoms. The van der Waals surface area contributed by atoms with Crippen LogP contribution in [0, 0.1) is 5.92 Å². The van der Waals surface area contributed by atoms with Gasteiger partial charge in [-0.2, -0.15) is 0 Å². The van der Waals surface area contributed by atoms with E-state index in [-0.39, 0.29) is 25.0 Å². The summed E-state index contributed by atoms with van der Waals surface area (Å²) in [5.74, 6) is -1.41. The van der Waals surface area contributed by atoms with Crippen LogP contribution in [0.2, 0.25) is 0 Å². The van der Waals surface area contributed by atoms with Crippen LogP contribution >= 0.6 is 0 Å². The maximum absolute atomic E-state index is 10.8. The number of rotatable bonds is 6. The molecule has 1 saturated heterocycles. The van der Waals surface area contributed by atoms with Crippen LogP contribution < -0.4 is 0 Å². The summed E-state index contributed by atoms with van der Waals surface area (Å²) in [6, 6.07) is 7.83. The third kappa shape index (κ3) is 4.53. The fourth-order valence-electron chi connectivity index (χ4n) is 2.81. The van der Waals surface area contributed by atoms with Crippen molar-refractivity contribution in [2.75, 3.05) is 13.2 Å². The lowest BCUT2D eigenvalue weighted by Gasteiger charge is -2.40. The van der Waals surface area contributed by atoms with E-state index < -0.39 is 11.8 Å². The van der Waals surface area contributed by atoms with Crippen LogP contribution in [0.5, 0.6) is 0 Å². The van der Waals surface area contributed by atoms with Crippen molar-refractivity contribution in [3.8, 4) is 0 Å². The highest BCUT2D eigenvalue weighted by Crippen LogP contribution is 2.29. The highest BCUT2D eigenvalue weighted by atomic mass is 16.7. The molecule has 22 heavy (non-hydrogen) atoms. The minimum Gasteiger partial charge on any atom is -0.481 e. The summed E-state index contributed by atoms with van der Waals surface area (Å²) in [7, 11) is 0. The first-order valence-electron chi connectivity index (χ1n) is 7.62. The van der Waals surface area contributed by atoms with E-state index in [1.807, 2.05) is 38.1 Å². The van der Waals surface area contributed by atoms with Crippen molar-refractivity contribution in [2.45, 2.75) is 45.0 Å². The number of carboxylic acids is 1. The molecule has 1 aliphatic heterocycles. The van der Waals surface area contributed by atoms with Gasteiger partial charge in [0, 0.05) is 12.3 Å². The van der Waals surface area contributed by atoms with Crippen molar-refractivity contribution < 1.29 is 24.5 Å². The lowest BCUT2D eigenvalue weighted by Crippen LogP contribution is -2.47. The maximum Gasteiger partial charge on any atom is 0.303 e. The number of aliphatic hydroxyl groups is 1. The van der Waals surface area contributed by atoms with Crippen LogP contribution in [-0.2, 0) is 27.1 Å². The fraction of sp³-hybridized carbons (Fsp3) is 0.588. The third-order valence-corrected chi connectivity index (χ3v) is 3.99. The second kappa shape index (κ2) is 7.22. The molecule has 0 amide bonds. The molecule has 0 unspecified atom stereocenters. The lowest BCUT2D eigenvalue weighted by molar-refractivity contribution is -0.297. The molecule has 1 fully saturated rings. The number of benzene rings is 1. The average molecular weight is 308 g/mol. The summed E-state index contributed by atoms with van der Waals surface area (Å²) in [5.41, 5.74) is 2.13. The van der Waals surface area contributed by atoms with Gasteiger partial charge in [-0.15, -0.1) is 0 Å². The van der Waals surface area contributed by atoms with Gasteiger partial charge < -0.3 is 19.7 Å². The number of hydrogen-bond donors (Lipinski definition) is 2. The summed E-state index contributed by atoms with van der Waals surface area (Å²) >= 11 is 0. The zero-order valence-electron chi connectivity index (χ0n) is 13.1. The third-order valence-electron chi connectivity index (χ3n) is 3.99. The van der Waals surface area contributed by atoms with Crippen LogP contribution in [0.15, 0.2) is 24.3 Å². The number of aliphatic carboxylic acids is 1. The number of carboxylic acid groups (broad SMARTS) is 1. The van der Waals surface area contributed by atoms with Gasteiger partial charge in [0.05, 0.1) is 19.3 Å². The Morgan fingerprint density at radius 2 is 2.00 bits per heavy atom. The monoisotopic (exact) mass is 308 g/mol. The molecule has 0 saturated carbocycles. The second-order valence-corrected chi connectivity index (χ2v) is 6.18. The maximum atomic E-state index is 10.8. The minimum absolute atomic E-state index is 0.0469. The molecule has 5 heteroatoms. The molecule has 0 radical (unpaired) electrons. The first-order chi connectivity index (χ1) is 10.4. The molecule has 0 spiro atoms. The summed E-state index contributed by atoms with van der Waals surface area (Å²) in [6.45, 7) is 4.15. The summed E-state index contributed by atoms with van der Waals surface area (Å²) in [6.07, 6.45) is 1.06. The van der Waals surface area contributed by atoms with Gasteiger partial charge in [-0.1, -0.05) is 24.3 Å². The standard InChI is InChI=1S/C17H24O5/c1-17(2)21-11-14(15(10-18)22-17)9-13-6-4-3-5-12(13)7-8-16(19)20/h3-6,14-15,18H,7-11H2,1-2H3,(H,19,20)/t14-,15-/m1/s1. The van der Waals surface area contributed by atoms with Crippen LogP contribution in [0.1, 0.15) is 31.4 Å². The van der Waals surface area contributed by atoms with Crippen LogP contribution in [-0.4, -0.2) is 41.3 Å². The van der Waals surface area contributed by atoms with Gasteiger partial charge in [0.15, 0.2) is 5.79 Å². The van der Waals surface area contributed by atoms with Gasteiger partial charge in [-0.05, 0) is 37.8 Å². The Morgan fingerprint density at radius 3 is 2.64 bits per heavy atom. The highest BCUT2D eigenvalue weighted by molar-refractivity contribution is 5.67. The molecule has 0 aromatic heterocycles. The van der Waals surface area contributed by atoms with E-state index in [9.17, 15) is 9.90 Å². The quantitative estimate of drug-likeness (QED) is 0.840. The molecule has 2 N–H and O–H groups in total. The van der Waals surface area contributed by atoms with E-state index in [0.29, 0.717) is 19.4 Å². The Kier molecular flexibility index (Phi) is 5.56. The zero-order chi connectivity index (χ0) is 16.2. The van der Waals surface area contributed by atoms with E-state index in [2.05, 4.69) is 0 Å². The number of hydrogen-bond acceptors (Lipinski definition) is 4. The van der Waals surface area contributed by atoms with Gasteiger partial charge in [-0.3, -0.25) is 4.79 Å². The Labute approximate surface area is 130 Å². The van der Waals surface area contributed by atoms with Crippen molar-refractivity contribution in [1.29, 1.82) is 0 Å². The Hall–Kier alpha value is -1.43. The first-order valence-corrected chi connectivity index (χ1v) is 7.62. The van der Waals surface area contributed by atoms with Gasteiger partial charge in [-0.25, -0.2) is 0 Å². The molecule has 2 rings (SSSR count). The molecular formula is C17H24O5. The van der Waals surface area contributed by atoms with Crippen molar-refractivity contribution in [1.82, 2.24) is 0 Å². The number of carbonyl (C=O) groups is 1. The number of aryl methyl sites for hydroxylation is 1. The van der Waals surface area contributed by atoms with Crippen LogP contribution in [0.25, 0.3) is 0 Å². The minimum atomic E-state index is -0.797. The predicted molar refractivity (Wildman–Crippen MR) is 81.6 cm³/mol. The molecule has 1 heterocycles. The largest absolute Gasteiger partial charge is 0.481 e. The SMILES string of the molecule is CC1(C)OC[C@@H](Cc2ccccc2CCC(=O)O)[C@@H](CO)O1. The van der Waals surface area contributed by atoms with Gasteiger partial charge in [0.1, 0.15) is 0 Å². The lowest BCUT2D eigenvalue weighted by atomic mass is 9.90. The molecule has 0 aliphatic carbocycles. The zero-order valence-corrected chi connectivity index (χ0v) is 13.1. The molecular weight excluding hydrogens is 284 g/mol. The normalized spacial score (nSPS) is 24.1. The van der Waals surface area contributed by atoms with E-state index in [1.54, 1.807) is 0 Å².